The van der Waals surface area contributed by atoms with Crippen LogP contribution in [0.5, 0.6) is 5.75 Å². The van der Waals surface area contributed by atoms with Crippen LogP contribution in [0.15, 0.2) is 43.7 Å². The summed E-state index contributed by atoms with van der Waals surface area (Å²) in [7, 11) is 1.58. The van der Waals surface area contributed by atoms with E-state index in [1.165, 1.54) is 0 Å². The molecule has 0 radical (unpaired) electrons. The van der Waals surface area contributed by atoms with Gasteiger partial charge in [0.05, 0.1) is 22.8 Å². The summed E-state index contributed by atoms with van der Waals surface area (Å²) in [5, 5.41) is 2.88. The molecule has 0 aromatic heterocycles. The van der Waals surface area contributed by atoms with Crippen molar-refractivity contribution < 1.29 is 9.53 Å². The van der Waals surface area contributed by atoms with E-state index in [2.05, 4.69) is 53.1 Å². The molecule has 21 heavy (non-hydrogen) atoms. The third-order valence-electron chi connectivity index (χ3n) is 2.86. The van der Waals surface area contributed by atoms with Crippen molar-refractivity contribution in [1.29, 1.82) is 0 Å². The summed E-state index contributed by atoms with van der Waals surface area (Å²) in [4.78, 5) is 12.4. The van der Waals surface area contributed by atoms with Crippen molar-refractivity contribution in [2.45, 2.75) is 6.92 Å². The van der Waals surface area contributed by atoms with Crippen LogP contribution in [0.2, 0.25) is 0 Å². The van der Waals surface area contributed by atoms with Crippen molar-refractivity contribution in [3.05, 3.63) is 54.9 Å². The third-order valence-corrected chi connectivity index (χ3v) is 4.82. The Bertz CT molecular complexity index is 702. The van der Waals surface area contributed by atoms with Gasteiger partial charge in [-0.2, -0.15) is 0 Å². The van der Waals surface area contributed by atoms with Gasteiger partial charge in [0.1, 0.15) is 5.75 Å². The first kappa shape index (κ1) is 16.5. The SMILES string of the molecule is COc1cc(NC(=O)c2cc(C)ccc2Br)c(Br)cc1Br. The standard InChI is InChI=1S/C15H12Br3NO2/c1-8-3-4-10(16)9(5-8)15(20)19-13-7-14(21-2)12(18)6-11(13)17/h3-7H,1-2H3,(H,19,20). The van der Waals surface area contributed by atoms with E-state index in [1.54, 1.807) is 13.2 Å². The number of carbonyl (C=O) groups excluding carboxylic acids is 1. The molecule has 0 fully saturated rings. The molecule has 0 aliphatic heterocycles. The van der Waals surface area contributed by atoms with Gasteiger partial charge in [0.2, 0.25) is 0 Å². The van der Waals surface area contributed by atoms with Crippen LogP contribution in [0.1, 0.15) is 15.9 Å². The summed E-state index contributed by atoms with van der Waals surface area (Å²) in [6, 6.07) is 9.24. The monoisotopic (exact) mass is 475 g/mol. The van der Waals surface area contributed by atoms with Gasteiger partial charge in [0.25, 0.3) is 5.91 Å². The molecule has 1 N–H and O–H groups in total. The molecular formula is C15H12Br3NO2. The van der Waals surface area contributed by atoms with Crippen LogP contribution >= 0.6 is 47.8 Å². The van der Waals surface area contributed by atoms with Crippen LogP contribution in [0.4, 0.5) is 5.69 Å². The van der Waals surface area contributed by atoms with E-state index >= 15 is 0 Å². The lowest BCUT2D eigenvalue weighted by Crippen LogP contribution is -2.13. The Morgan fingerprint density at radius 2 is 1.76 bits per heavy atom. The highest BCUT2D eigenvalue weighted by molar-refractivity contribution is 9.11. The first-order chi connectivity index (χ1) is 9.92. The smallest absolute Gasteiger partial charge is 0.256 e. The molecule has 0 saturated heterocycles. The molecule has 110 valence electrons. The highest BCUT2D eigenvalue weighted by atomic mass is 79.9. The molecule has 0 aliphatic rings. The van der Waals surface area contributed by atoms with Gasteiger partial charge in [-0.15, -0.1) is 0 Å². The minimum atomic E-state index is -0.185. The topological polar surface area (TPSA) is 38.3 Å². The number of anilines is 1. The molecule has 0 unspecified atom stereocenters. The molecule has 1 amide bonds. The zero-order valence-electron chi connectivity index (χ0n) is 11.3. The Kier molecular flexibility index (Phi) is 5.46. The number of hydrogen-bond donors (Lipinski definition) is 1. The molecule has 2 rings (SSSR count). The second kappa shape index (κ2) is 6.94. The zero-order valence-corrected chi connectivity index (χ0v) is 16.1. The summed E-state index contributed by atoms with van der Waals surface area (Å²) in [6.45, 7) is 1.95. The largest absolute Gasteiger partial charge is 0.495 e. The van der Waals surface area contributed by atoms with Crippen molar-refractivity contribution in [2.24, 2.45) is 0 Å². The molecule has 0 spiro atoms. The highest BCUT2D eigenvalue weighted by Crippen LogP contribution is 2.35. The average molecular weight is 478 g/mol. The lowest BCUT2D eigenvalue weighted by atomic mass is 10.1. The van der Waals surface area contributed by atoms with E-state index in [-0.39, 0.29) is 5.91 Å². The normalized spacial score (nSPS) is 10.3. The molecule has 0 atom stereocenters. The number of aryl methyl sites for hydroxylation is 1. The van der Waals surface area contributed by atoms with E-state index in [9.17, 15) is 4.79 Å². The molecular weight excluding hydrogens is 466 g/mol. The Morgan fingerprint density at radius 1 is 1.05 bits per heavy atom. The van der Waals surface area contributed by atoms with Crippen molar-refractivity contribution >= 4 is 59.4 Å². The van der Waals surface area contributed by atoms with Gasteiger partial charge >= 0.3 is 0 Å². The summed E-state index contributed by atoms with van der Waals surface area (Å²) in [6.07, 6.45) is 0. The minimum absolute atomic E-state index is 0.185. The molecule has 0 saturated carbocycles. The number of halogens is 3. The van der Waals surface area contributed by atoms with Crippen molar-refractivity contribution in [2.75, 3.05) is 12.4 Å². The number of hydrogen-bond acceptors (Lipinski definition) is 2. The van der Waals surface area contributed by atoms with Crippen LogP contribution in [0.25, 0.3) is 0 Å². The maximum Gasteiger partial charge on any atom is 0.256 e. The Balaban J connectivity index is 2.33. The number of carbonyl (C=O) groups is 1. The molecule has 0 aliphatic carbocycles. The molecule has 2 aromatic carbocycles. The van der Waals surface area contributed by atoms with E-state index in [1.807, 2.05) is 31.2 Å². The summed E-state index contributed by atoms with van der Waals surface area (Å²) in [5.74, 6) is 0.465. The van der Waals surface area contributed by atoms with E-state index in [0.29, 0.717) is 17.0 Å². The van der Waals surface area contributed by atoms with Gasteiger partial charge < -0.3 is 10.1 Å². The van der Waals surface area contributed by atoms with Gasteiger partial charge in [-0.1, -0.05) is 11.6 Å². The quantitative estimate of drug-likeness (QED) is 0.630. The van der Waals surface area contributed by atoms with E-state index in [4.69, 9.17) is 4.74 Å². The van der Waals surface area contributed by atoms with Crippen LogP contribution < -0.4 is 10.1 Å². The molecule has 0 bridgehead atoms. The Morgan fingerprint density at radius 3 is 2.43 bits per heavy atom. The van der Waals surface area contributed by atoms with Gasteiger partial charge in [0, 0.05) is 15.0 Å². The minimum Gasteiger partial charge on any atom is -0.495 e. The fourth-order valence-electron chi connectivity index (χ4n) is 1.78. The van der Waals surface area contributed by atoms with Crippen LogP contribution in [0.3, 0.4) is 0 Å². The Hall–Kier alpha value is -0.850. The number of rotatable bonds is 3. The summed E-state index contributed by atoms with van der Waals surface area (Å²) < 4.78 is 7.58. The second-order valence-electron chi connectivity index (χ2n) is 4.40. The van der Waals surface area contributed by atoms with Crippen LogP contribution in [-0.4, -0.2) is 13.0 Å². The first-order valence-corrected chi connectivity index (χ1v) is 8.41. The predicted molar refractivity (Wildman–Crippen MR) is 95.2 cm³/mol. The third kappa shape index (κ3) is 3.87. The molecule has 6 heteroatoms. The highest BCUT2D eigenvalue weighted by Gasteiger charge is 2.14. The van der Waals surface area contributed by atoms with E-state index < -0.39 is 0 Å². The number of benzene rings is 2. The van der Waals surface area contributed by atoms with Crippen LogP contribution in [-0.2, 0) is 0 Å². The maximum atomic E-state index is 12.4. The van der Waals surface area contributed by atoms with Gasteiger partial charge in [-0.3, -0.25) is 4.79 Å². The molecule has 0 heterocycles. The first-order valence-electron chi connectivity index (χ1n) is 6.03. The lowest BCUT2D eigenvalue weighted by molar-refractivity contribution is 0.102. The van der Waals surface area contributed by atoms with Gasteiger partial charge in [-0.25, -0.2) is 0 Å². The number of ether oxygens (including phenoxy) is 1. The van der Waals surface area contributed by atoms with Crippen molar-refractivity contribution in [1.82, 2.24) is 0 Å². The molecule has 3 nitrogen and oxygen atoms in total. The number of methoxy groups -OCH3 is 1. The fraction of sp³-hybridized carbons (Fsp3) is 0.133. The second-order valence-corrected chi connectivity index (χ2v) is 6.97. The lowest BCUT2D eigenvalue weighted by Gasteiger charge is -2.12. The zero-order chi connectivity index (χ0) is 15.6. The molecule has 2 aromatic rings. The summed E-state index contributed by atoms with van der Waals surface area (Å²) in [5.41, 5.74) is 2.26. The van der Waals surface area contributed by atoms with Crippen molar-refractivity contribution in [3.8, 4) is 5.75 Å². The Labute approximate surface area is 148 Å². The van der Waals surface area contributed by atoms with Crippen LogP contribution in [0, 0.1) is 6.92 Å². The van der Waals surface area contributed by atoms with Gasteiger partial charge in [0.15, 0.2) is 0 Å². The fourth-order valence-corrected chi connectivity index (χ4v) is 3.47. The maximum absolute atomic E-state index is 12.4. The van der Waals surface area contributed by atoms with E-state index in [0.717, 1.165) is 19.0 Å². The summed E-state index contributed by atoms with van der Waals surface area (Å²) >= 11 is 10.2. The van der Waals surface area contributed by atoms with Gasteiger partial charge in [-0.05, 0) is 72.9 Å². The number of amides is 1. The number of nitrogens with one attached hydrogen (secondary N) is 1. The van der Waals surface area contributed by atoms with Crippen molar-refractivity contribution in [3.63, 3.8) is 0 Å². The predicted octanol–water partition coefficient (Wildman–Crippen LogP) is 5.54. The average Bonchev–Trinajstić information content (AvgIpc) is 2.44.